The van der Waals surface area contributed by atoms with Crippen molar-refractivity contribution < 1.29 is 18.7 Å². The lowest BCUT2D eigenvalue weighted by Gasteiger charge is -2.40. The molecule has 4 aliphatic rings. The summed E-state index contributed by atoms with van der Waals surface area (Å²) in [6, 6.07) is 4.72. The summed E-state index contributed by atoms with van der Waals surface area (Å²) in [6.45, 7) is 5.47. The van der Waals surface area contributed by atoms with E-state index < -0.39 is 5.82 Å². The molecular formula is C24H27ClFN5O3. The van der Waals surface area contributed by atoms with Crippen LogP contribution in [0.1, 0.15) is 37.0 Å². The molecule has 3 aliphatic heterocycles. The molecule has 3 fully saturated rings. The lowest BCUT2D eigenvalue weighted by Crippen LogP contribution is -2.56. The Morgan fingerprint density at radius 2 is 2.06 bits per heavy atom. The fraction of sp³-hybridized carbons (Fsp3) is 0.458. The summed E-state index contributed by atoms with van der Waals surface area (Å²) >= 11 is 6.21. The van der Waals surface area contributed by atoms with Gasteiger partial charge in [-0.3, -0.25) is 4.79 Å². The van der Waals surface area contributed by atoms with Crippen molar-refractivity contribution in [2.45, 2.75) is 44.9 Å². The first-order chi connectivity index (χ1) is 16.3. The van der Waals surface area contributed by atoms with Gasteiger partial charge >= 0.3 is 0 Å². The Kier molecular flexibility index (Phi) is 6.18. The predicted octanol–water partition coefficient (Wildman–Crippen LogP) is 2.95. The van der Waals surface area contributed by atoms with Crippen molar-refractivity contribution >= 4 is 28.9 Å². The van der Waals surface area contributed by atoms with Crippen LogP contribution >= 0.6 is 11.6 Å². The molecule has 3 N–H and O–H groups in total. The number of nitrogens with zero attached hydrogens (tertiary/aromatic N) is 2. The maximum atomic E-state index is 14.0. The second-order valence-electron chi connectivity index (χ2n) is 9.18. The minimum absolute atomic E-state index is 0.0790. The Bertz CT molecular complexity index is 1140. The summed E-state index contributed by atoms with van der Waals surface area (Å²) in [4.78, 5) is 19.4. The number of benzene rings is 1. The van der Waals surface area contributed by atoms with Crippen molar-refractivity contribution in [1.82, 2.24) is 15.5 Å². The molecule has 1 aliphatic carbocycles. The van der Waals surface area contributed by atoms with Gasteiger partial charge < -0.3 is 30.4 Å². The molecule has 0 aromatic heterocycles. The van der Waals surface area contributed by atoms with E-state index in [1.165, 1.54) is 18.2 Å². The smallest absolute Gasteiger partial charge is 0.258 e. The van der Waals surface area contributed by atoms with E-state index in [9.17, 15) is 9.18 Å². The predicted molar refractivity (Wildman–Crippen MR) is 127 cm³/mol. The zero-order valence-electron chi connectivity index (χ0n) is 19.1. The van der Waals surface area contributed by atoms with E-state index in [-0.39, 0.29) is 30.9 Å². The number of rotatable bonds is 5. The van der Waals surface area contributed by atoms with Crippen molar-refractivity contribution in [1.29, 1.82) is 5.41 Å². The molecule has 34 heavy (non-hydrogen) atoms. The van der Waals surface area contributed by atoms with Gasteiger partial charge in [-0.25, -0.2) is 9.38 Å². The largest absolute Gasteiger partial charge is 0.489 e. The summed E-state index contributed by atoms with van der Waals surface area (Å²) in [5.41, 5.74) is 2.64. The van der Waals surface area contributed by atoms with E-state index in [1.54, 1.807) is 11.8 Å². The highest BCUT2D eigenvalue weighted by molar-refractivity contribution is 6.43. The van der Waals surface area contributed by atoms with Crippen LogP contribution in [0.15, 0.2) is 45.3 Å². The van der Waals surface area contributed by atoms with Crippen LogP contribution in [0.2, 0.25) is 0 Å². The van der Waals surface area contributed by atoms with Crippen molar-refractivity contribution in [3.8, 4) is 5.75 Å². The monoisotopic (exact) mass is 487 g/mol. The average Bonchev–Trinajstić information content (AvgIpc) is 3.13. The number of carbonyl (C=O) groups excluding carboxylic acids is 1. The molecule has 5 rings (SSSR count). The highest BCUT2D eigenvalue weighted by Gasteiger charge is 2.36. The number of hydrogen-bond donors (Lipinski definition) is 3. The van der Waals surface area contributed by atoms with Crippen LogP contribution in [0.5, 0.6) is 5.75 Å². The highest BCUT2D eigenvalue weighted by atomic mass is 35.5. The second-order valence-corrected chi connectivity index (χ2v) is 9.56. The van der Waals surface area contributed by atoms with Gasteiger partial charge in [0.05, 0.1) is 54.4 Å². The number of allylic oxidation sites excluding steroid dienone is 2. The van der Waals surface area contributed by atoms with Gasteiger partial charge in [-0.2, -0.15) is 0 Å². The molecule has 2 saturated heterocycles. The second kappa shape index (κ2) is 9.13. The first-order valence-corrected chi connectivity index (χ1v) is 11.8. The molecule has 1 saturated carbocycles. The van der Waals surface area contributed by atoms with Crippen LogP contribution in [0.25, 0.3) is 0 Å². The minimum atomic E-state index is -0.459. The average molecular weight is 488 g/mol. The molecule has 1 aromatic rings. The van der Waals surface area contributed by atoms with Crippen molar-refractivity contribution in [2.75, 3.05) is 26.3 Å². The van der Waals surface area contributed by atoms with Gasteiger partial charge in [0.1, 0.15) is 23.5 Å². The lowest BCUT2D eigenvalue weighted by atomic mass is 9.88. The zero-order chi connectivity index (χ0) is 24.0. The number of nitrogens with one attached hydrogen (secondary N) is 3. The SMILES string of the molecule is CC1=N/C(=C2\CN(C(=O)c3ccc(F)cc3OC3CC(NC4COC4)C3)CC2=N)NC(C)=C1Cl. The fourth-order valence-electron chi connectivity index (χ4n) is 4.46. The molecule has 0 atom stereocenters. The maximum absolute atomic E-state index is 14.0. The molecule has 3 heterocycles. The van der Waals surface area contributed by atoms with E-state index in [2.05, 4.69) is 15.6 Å². The lowest BCUT2D eigenvalue weighted by molar-refractivity contribution is -0.0251. The Morgan fingerprint density at radius 3 is 2.74 bits per heavy atom. The number of amides is 1. The summed E-state index contributed by atoms with van der Waals surface area (Å²) in [6.07, 6.45) is 1.51. The van der Waals surface area contributed by atoms with Crippen molar-refractivity contribution in [3.63, 3.8) is 0 Å². The quantitative estimate of drug-likeness (QED) is 0.593. The summed E-state index contributed by atoms with van der Waals surface area (Å²) in [5.74, 6) is 0.000647. The van der Waals surface area contributed by atoms with Crippen molar-refractivity contribution in [3.05, 3.63) is 51.7 Å². The van der Waals surface area contributed by atoms with Crippen LogP contribution in [-0.4, -0.2) is 66.7 Å². The highest BCUT2D eigenvalue weighted by Crippen LogP contribution is 2.31. The van der Waals surface area contributed by atoms with E-state index >= 15 is 0 Å². The normalized spacial score (nSPS) is 27.2. The van der Waals surface area contributed by atoms with E-state index in [0.717, 1.165) is 31.8 Å². The van der Waals surface area contributed by atoms with Gasteiger partial charge in [0, 0.05) is 23.4 Å². The van der Waals surface area contributed by atoms with Gasteiger partial charge in [0.2, 0.25) is 0 Å². The number of likely N-dealkylation sites (tertiary alicyclic amines) is 1. The van der Waals surface area contributed by atoms with Gasteiger partial charge in [-0.15, -0.1) is 0 Å². The Labute approximate surface area is 202 Å². The van der Waals surface area contributed by atoms with Gasteiger partial charge in [0.25, 0.3) is 5.91 Å². The molecule has 180 valence electrons. The molecule has 0 bridgehead atoms. The van der Waals surface area contributed by atoms with Crippen LogP contribution in [0.3, 0.4) is 0 Å². The van der Waals surface area contributed by atoms with Crippen LogP contribution in [-0.2, 0) is 4.74 Å². The van der Waals surface area contributed by atoms with Gasteiger partial charge in [0.15, 0.2) is 0 Å². The third kappa shape index (κ3) is 4.47. The van der Waals surface area contributed by atoms with E-state index in [4.69, 9.17) is 26.5 Å². The van der Waals surface area contributed by atoms with Gasteiger partial charge in [-0.05, 0) is 38.8 Å². The maximum Gasteiger partial charge on any atom is 0.258 e. The first kappa shape index (κ1) is 23.0. The topological polar surface area (TPSA) is 99.0 Å². The Hall–Kier alpha value is -2.75. The molecule has 0 radical (unpaired) electrons. The number of carbonyl (C=O) groups is 1. The molecule has 0 spiro atoms. The molecule has 1 aromatic carbocycles. The van der Waals surface area contributed by atoms with Gasteiger partial charge in [-0.1, -0.05) is 11.6 Å². The van der Waals surface area contributed by atoms with Crippen LogP contribution in [0, 0.1) is 11.2 Å². The Morgan fingerprint density at radius 1 is 1.29 bits per heavy atom. The zero-order valence-corrected chi connectivity index (χ0v) is 19.8. The number of aliphatic imine (C=N–C) groups is 1. The number of halogens is 2. The van der Waals surface area contributed by atoms with E-state index in [0.29, 0.717) is 45.5 Å². The fourth-order valence-corrected chi connectivity index (χ4v) is 4.55. The molecule has 1 amide bonds. The summed E-state index contributed by atoms with van der Waals surface area (Å²) < 4.78 is 25.2. The molecule has 10 heteroatoms. The van der Waals surface area contributed by atoms with Crippen LogP contribution < -0.4 is 15.4 Å². The summed E-state index contributed by atoms with van der Waals surface area (Å²) in [7, 11) is 0. The first-order valence-electron chi connectivity index (χ1n) is 11.4. The van der Waals surface area contributed by atoms with Crippen molar-refractivity contribution in [2.24, 2.45) is 4.99 Å². The number of ether oxygens (including phenoxy) is 2. The molecule has 8 nitrogen and oxygen atoms in total. The minimum Gasteiger partial charge on any atom is -0.489 e. The third-order valence-electron chi connectivity index (χ3n) is 6.54. The standard InChI is InChI=1S/C24H27ClFN5O3/c1-12-22(25)13(2)29-23(28-12)19-8-31(9-20(19)27)24(32)18-4-3-14(26)5-21(18)34-17-6-15(7-17)30-16-10-33-11-16/h3-5,15-17,27-28,30H,6-11H2,1-2H3/b23-19+,27-20?. The van der Waals surface area contributed by atoms with E-state index in [1.807, 2.05) is 6.92 Å². The molecule has 0 unspecified atom stereocenters. The Balaban J connectivity index is 1.29. The molecular weight excluding hydrogens is 461 g/mol. The number of hydrogen-bond acceptors (Lipinski definition) is 7. The van der Waals surface area contributed by atoms with Crippen LogP contribution in [0.4, 0.5) is 4.39 Å². The summed E-state index contributed by atoms with van der Waals surface area (Å²) in [5, 5.41) is 15.6. The third-order valence-corrected chi connectivity index (χ3v) is 7.10.